The maximum atomic E-state index is 10.8. The van der Waals surface area contributed by atoms with E-state index in [1.165, 1.54) is 11.0 Å². The predicted molar refractivity (Wildman–Crippen MR) is 102 cm³/mol. The van der Waals surface area contributed by atoms with Crippen molar-refractivity contribution in [3.05, 3.63) is 0 Å². The normalized spacial score (nSPS) is 6.18. The Bertz CT molecular complexity index is 161. The molecule has 0 rings (SSSR count). The molecule has 22 heavy (non-hydrogen) atoms. The van der Waals surface area contributed by atoms with Gasteiger partial charge in [-0.1, -0.05) is 21.2 Å². The van der Waals surface area contributed by atoms with E-state index >= 15 is 0 Å². The van der Waals surface area contributed by atoms with Gasteiger partial charge in [0.05, 0.1) is 5.41 Å². The van der Waals surface area contributed by atoms with E-state index in [0.717, 1.165) is 0 Å². The molecule has 0 fully saturated rings. The van der Waals surface area contributed by atoms with Gasteiger partial charge >= 0.3 is 5.97 Å². The third-order valence-electron chi connectivity index (χ3n) is 0.808. The molecule has 0 aromatic heterocycles. The van der Waals surface area contributed by atoms with E-state index in [0.29, 0.717) is 0 Å². The fourth-order valence-corrected chi connectivity index (χ4v) is 0.392. The summed E-state index contributed by atoms with van der Waals surface area (Å²) >= 11 is 6.81. The van der Waals surface area contributed by atoms with E-state index in [-0.39, 0.29) is 228 Å². The maximum Gasteiger partial charge on any atom is 0.312 e. The molecule has 0 heterocycles. The van der Waals surface area contributed by atoms with Crippen molar-refractivity contribution in [2.45, 2.75) is 20.8 Å². The summed E-state index contributed by atoms with van der Waals surface area (Å²) in [4.78, 5) is 10.8. The van der Waals surface area contributed by atoms with Crippen molar-refractivity contribution in [1.29, 1.82) is 0 Å². The SMILES string of the molecule is CC(C)(C)C(=O)OCS.CSBr.CSCl.S.S.[Ar].[Ar].[Ar].[Ar].[Ar]. The summed E-state index contributed by atoms with van der Waals surface area (Å²) < 4.78 is 4.63. The van der Waals surface area contributed by atoms with Crippen molar-refractivity contribution < 1.29 is 198 Å². The van der Waals surface area contributed by atoms with Crippen LogP contribution < -0.4 is 0 Å². The second-order valence-electron chi connectivity index (χ2n) is 3.12. The molecule has 0 bridgehead atoms. The number of rotatable bonds is 1. The van der Waals surface area contributed by atoms with Crippen LogP contribution >= 0.6 is 86.3 Å². The van der Waals surface area contributed by atoms with E-state index in [1.54, 1.807) is 31.0 Å². The second kappa shape index (κ2) is 51.7. The number of hydrogen-bond acceptors (Lipinski definition) is 5. The first-order chi connectivity index (χ1) is 6.81. The smallest absolute Gasteiger partial charge is 0.312 e. The summed E-state index contributed by atoms with van der Waals surface area (Å²) in [6.07, 6.45) is 3.77. The second-order valence-corrected chi connectivity index (χ2v) is 6.86. The molecule has 0 atom stereocenters. The van der Waals surface area contributed by atoms with Crippen LogP contribution in [0.25, 0.3) is 0 Å². The molecular weight excluding hydrogens is 604 g/mol. The van der Waals surface area contributed by atoms with E-state index in [9.17, 15) is 4.79 Å². The van der Waals surface area contributed by atoms with Crippen molar-refractivity contribution >= 4 is 92.3 Å². The van der Waals surface area contributed by atoms with Crippen LogP contribution in [0.1, 0.15) is 20.8 Å². The Morgan fingerprint density at radius 3 is 1.32 bits per heavy atom. The summed E-state index contributed by atoms with van der Waals surface area (Å²) in [7, 11) is 7.70. The third-order valence-corrected chi connectivity index (χ3v) is 0.937. The van der Waals surface area contributed by atoms with Crippen LogP contribution in [0.3, 0.4) is 0 Å². The van der Waals surface area contributed by atoms with Crippen molar-refractivity contribution in [3.8, 4) is 0 Å². The number of halogens is 2. The molecule has 0 radical (unpaired) electrons. The Morgan fingerprint density at radius 2 is 1.27 bits per heavy atom. The van der Waals surface area contributed by atoms with Gasteiger partial charge in [0.25, 0.3) is 0 Å². The van der Waals surface area contributed by atoms with Crippen LogP contribution in [-0.4, -0.2) is 24.4 Å². The van der Waals surface area contributed by atoms with Gasteiger partial charge in [0.2, 0.25) is 0 Å². The van der Waals surface area contributed by atoms with Crippen LogP contribution in [0, 0.1) is 194 Å². The van der Waals surface area contributed by atoms with Crippen molar-refractivity contribution in [3.63, 3.8) is 0 Å². The molecule has 2 nitrogen and oxygen atoms in total. The first kappa shape index (κ1) is 63.1. The summed E-state index contributed by atoms with van der Waals surface area (Å²) in [5.74, 6) is -0.0478. The standard InChI is InChI=1S/C6H12O2S.CH3BrS.CH3ClS.5Ar.2H2S/c1-6(2,3)5(7)8-4-9;2*1-3-2;;;;;;;/h9H,4H2,1-3H3;2*1H3;;;;;;2*1H2. The van der Waals surface area contributed by atoms with Crippen molar-refractivity contribution in [2.75, 3.05) is 18.5 Å². The fraction of sp³-hybridized carbons (Fsp3) is 0.875. The average molecular weight is 626 g/mol. The molecule has 0 aromatic rings. The Morgan fingerprint density at radius 1 is 1.09 bits per heavy atom. The minimum atomic E-state index is -0.400. The number of esters is 1. The first-order valence-electron chi connectivity index (χ1n) is 3.89. The third kappa shape index (κ3) is 70.5. The molecule has 0 saturated heterocycles. The molecule has 0 saturated carbocycles. The quantitative estimate of drug-likeness (QED) is 0.256. The fourth-order valence-electron chi connectivity index (χ4n) is 0.275. The van der Waals surface area contributed by atoms with E-state index in [2.05, 4.69) is 32.2 Å². The number of carbonyl (C=O) groups excluding carboxylic acids is 1. The zero-order valence-corrected chi connectivity index (χ0v) is 22.7. The molecule has 14 heteroatoms. The first-order valence-corrected chi connectivity index (χ1v) is 9.64. The largest absolute Gasteiger partial charge is 0.454 e. The van der Waals surface area contributed by atoms with Gasteiger partial charge < -0.3 is 4.74 Å². The number of ether oxygens (including phenoxy) is 1. The van der Waals surface area contributed by atoms with Crippen molar-refractivity contribution in [1.82, 2.24) is 0 Å². The molecule has 0 spiro atoms. The molecule has 0 N–H and O–H groups in total. The minimum absolute atomic E-state index is 0. The summed E-state index contributed by atoms with van der Waals surface area (Å²) in [6, 6.07) is 0. The zero-order chi connectivity index (χ0) is 12.9. The van der Waals surface area contributed by atoms with Crippen LogP contribution in [-0.2, 0) is 9.53 Å². The molecule has 0 amide bonds. The molecule has 0 aliphatic carbocycles. The van der Waals surface area contributed by atoms with Gasteiger partial charge in [-0.2, -0.15) is 27.0 Å². The Labute approximate surface area is 326 Å². The minimum Gasteiger partial charge on any atom is -0.454 e. The summed E-state index contributed by atoms with van der Waals surface area (Å²) in [5.41, 5.74) is -0.400. The number of thiol groups is 1. The van der Waals surface area contributed by atoms with Gasteiger partial charge in [0.15, 0.2) is 0 Å². The predicted octanol–water partition coefficient (Wildman–Crippen LogP) is 4.85. The number of carbonyl (C=O) groups is 1. The van der Waals surface area contributed by atoms with E-state index < -0.39 is 5.41 Å². The van der Waals surface area contributed by atoms with Gasteiger partial charge in [-0.15, -0.1) is 12.6 Å². The molecule has 0 aliphatic heterocycles. The van der Waals surface area contributed by atoms with Crippen LogP contribution in [0.5, 0.6) is 0 Å². The molecular formula is C8H22Ar5BrClO2S5. The Kier molecular flexibility index (Phi) is 148. The van der Waals surface area contributed by atoms with Gasteiger partial charge in [-0.05, 0) is 58.8 Å². The van der Waals surface area contributed by atoms with Crippen LogP contribution in [0.15, 0.2) is 0 Å². The van der Waals surface area contributed by atoms with Crippen LogP contribution in [0.2, 0.25) is 0 Å². The topological polar surface area (TPSA) is 26.3 Å². The molecule has 0 unspecified atom stereocenters. The van der Waals surface area contributed by atoms with Gasteiger partial charge in [0, 0.05) is 189 Å². The molecule has 0 aromatic carbocycles. The Balaban J connectivity index is -0.0000000124. The van der Waals surface area contributed by atoms with Gasteiger partial charge in [-0.25, -0.2) is 0 Å². The van der Waals surface area contributed by atoms with E-state index in [4.69, 9.17) is 10.7 Å². The Hall–Kier alpha value is 8.29. The van der Waals surface area contributed by atoms with Gasteiger partial charge in [0.1, 0.15) is 5.94 Å². The average Bonchev–Trinajstić information content (AvgIpc) is 2.05. The van der Waals surface area contributed by atoms with Crippen LogP contribution in [0.4, 0.5) is 0 Å². The summed E-state index contributed by atoms with van der Waals surface area (Å²) in [6.45, 7) is 5.41. The molecule has 0 aliphatic rings. The zero-order valence-electron chi connectivity index (χ0n) is 12.3. The number of hydrogen-bond donors (Lipinski definition) is 1. The monoisotopic (exact) mass is 624 g/mol. The maximum absolute atomic E-state index is 10.8. The van der Waals surface area contributed by atoms with Crippen molar-refractivity contribution in [2.24, 2.45) is 5.41 Å². The summed E-state index contributed by atoms with van der Waals surface area (Å²) in [5, 5.41) is 0. The molecule has 150 valence electrons. The van der Waals surface area contributed by atoms with E-state index in [1.807, 2.05) is 12.5 Å². The van der Waals surface area contributed by atoms with Gasteiger partial charge in [-0.3, -0.25) is 4.79 Å².